The van der Waals surface area contributed by atoms with Gasteiger partial charge in [0.15, 0.2) is 12.4 Å². The molecule has 2 rings (SSSR count). The van der Waals surface area contributed by atoms with E-state index in [1.54, 1.807) is 36.4 Å². The number of aromatic nitrogens is 2. The molecule has 0 radical (unpaired) electrons. The zero-order valence-corrected chi connectivity index (χ0v) is 16.3. The van der Waals surface area contributed by atoms with E-state index < -0.39 is 10.8 Å². The Morgan fingerprint density at radius 2 is 1.10 bits per heavy atom. The third-order valence-electron chi connectivity index (χ3n) is 1.79. The Labute approximate surface area is 174 Å². The fraction of sp³-hybridized carbons (Fsp3) is 0. The largest absolute Gasteiger partial charge is 1.00 e. The summed E-state index contributed by atoms with van der Waals surface area (Å²) < 4.78 is 26.8. The first-order valence-electron chi connectivity index (χ1n) is 4.94. The maximum absolute atomic E-state index is 11.3. The van der Waals surface area contributed by atoms with E-state index in [0.29, 0.717) is 10.1 Å². The number of hydrogen-bond acceptors (Lipinski definition) is 7. The summed E-state index contributed by atoms with van der Waals surface area (Å²) in [5.41, 5.74) is 0. The van der Waals surface area contributed by atoms with Crippen LogP contribution in [0.4, 0.5) is 0 Å². The average molecular weight is 375 g/mol. The minimum atomic E-state index is -2.85. The molecule has 0 atom stereocenters. The van der Waals surface area contributed by atoms with Crippen LogP contribution in [0.5, 0.6) is 0 Å². The van der Waals surface area contributed by atoms with Gasteiger partial charge in [-0.15, -0.1) is 0 Å². The molecule has 0 fully saturated rings. The molecule has 0 aromatic carbocycles. The van der Waals surface area contributed by atoms with Crippen LogP contribution in [0.25, 0.3) is 0 Å². The first-order valence-corrected chi connectivity index (χ1v) is 8.02. The molecule has 11 heteroatoms. The molecule has 0 unspecified atom stereocenters. The Balaban J connectivity index is 0.000000715. The van der Waals surface area contributed by atoms with Crippen LogP contribution in [-0.4, -0.2) is 0 Å². The fourth-order valence-electron chi connectivity index (χ4n) is 1.04. The third-order valence-corrected chi connectivity index (χ3v) is 4.12. The van der Waals surface area contributed by atoms with Gasteiger partial charge in [-0.25, -0.2) is 0 Å². The Morgan fingerprint density at radius 1 is 0.762 bits per heavy atom. The minimum absolute atomic E-state index is 0. The van der Waals surface area contributed by atoms with E-state index in [2.05, 4.69) is 0 Å². The first kappa shape index (κ1) is 21.4. The zero-order valence-electron chi connectivity index (χ0n) is 10.7. The maximum Gasteiger partial charge on any atom is 1.00 e. The van der Waals surface area contributed by atoms with E-state index in [1.807, 2.05) is 0 Å². The van der Waals surface area contributed by atoms with Crippen molar-refractivity contribution < 1.29 is 85.6 Å². The molecular weight excluding hydrogens is 367 g/mol. The first-order chi connectivity index (χ1) is 9.50. The molecule has 7 nitrogen and oxygen atoms in total. The van der Waals surface area contributed by atoms with E-state index >= 15 is 0 Å². The van der Waals surface area contributed by atoms with Crippen LogP contribution in [0.2, 0.25) is 0 Å². The Morgan fingerprint density at radius 3 is 1.38 bits per heavy atom. The van der Waals surface area contributed by atoms with Gasteiger partial charge < -0.3 is 24.4 Å². The van der Waals surface area contributed by atoms with Gasteiger partial charge in [-0.05, 0) is 12.1 Å². The summed E-state index contributed by atoms with van der Waals surface area (Å²) in [6, 6.07) is 10.3. The summed E-state index contributed by atoms with van der Waals surface area (Å²) in [5.74, 6) is 0. The molecule has 0 spiro atoms. The monoisotopic (exact) mass is 374 g/mol. The molecule has 0 amide bonds. The Hall–Kier alpha value is 0.406. The summed E-state index contributed by atoms with van der Waals surface area (Å²) >= 11 is 0. The molecule has 0 aliphatic carbocycles. The number of rotatable bonds is 3. The van der Waals surface area contributed by atoms with Gasteiger partial charge in [0, 0.05) is 45.9 Å². The van der Waals surface area contributed by atoms with Crippen LogP contribution in [0.1, 0.15) is 0 Å². The van der Waals surface area contributed by atoms with Crippen molar-refractivity contribution in [3.05, 3.63) is 59.2 Å². The smallest absolute Gasteiger partial charge is 0.618 e. The summed E-state index contributed by atoms with van der Waals surface area (Å²) in [6.07, 6.45) is 2.86. The van der Waals surface area contributed by atoms with E-state index in [0.717, 1.165) is 9.46 Å². The van der Waals surface area contributed by atoms with Crippen LogP contribution in [-0.2, 0) is 0 Å². The molecule has 2 aromatic rings. The van der Waals surface area contributed by atoms with E-state index in [1.165, 1.54) is 34.0 Å². The van der Waals surface area contributed by atoms with Crippen LogP contribution >= 0.6 is 21.6 Å². The molecule has 0 aliphatic rings. The minimum Gasteiger partial charge on any atom is -0.618 e. The van der Waals surface area contributed by atoms with Crippen molar-refractivity contribution in [3.8, 4) is 0 Å². The zero-order chi connectivity index (χ0) is 15.0. The third kappa shape index (κ3) is 9.20. The van der Waals surface area contributed by atoms with Gasteiger partial charge in [0.05, 0.1) is 10.8 Å². The second-order valence-corrected chi connectivity index (χ2v) is 5.63. The van der Waals surface area contributed by atoms with Crippen molar-refractivity contribution in [1.29, 1.82) is 0 Å². The van der Waals surface area contributed by atoms with Gasteiger partial charge in [0.25, 0.3) is 10.1 Å². The van der Waals surface area contributed by atoms with Gasteiger partial charge in [0.1, 0.15) is 0 Å². The fourth-order valence-corrected chi connectivity index (χ4v) is 3.03. The summed E-state index contributed by atoms with van der Waals surface area (Å²) in [6.45, 7) is 0. The summed E-state index contributed by atoms with van der Waals surface area (Å²) in [7, 11) is -0.331. The van der Waals surface area contributed by atoms with Crippen molar-refractivity contribution in [2.45, 2.75) is 10.1 Å². The molecule has 21 heavy (non-hydrogen) atoms. The Kier molecular flexibility index (Phi) is 12.1. The van der Waals surface area contributed by atoms with Crippen molar-refractivity contribution in [2.24, 2.45) is 0 Å². The van der Waals surface area contributed by atoms with Crippen LogP contribution in [0.3, 0.4) is 0 Å². The van der Waals surface area contributed by atoms with Gasteiger partial charge in [0.2, 0.25) is 0 Å². The number of nitrogens with zero attached hydrogens (tertiary/aromatic N) is 2. The molecule has 0 N–H and O–H groups in total. The standard InChI is InChI=1S/C10H8N2O2S2.ClO3.K/c13-11-7-3-1-5-9(11)15-16-10-6-2-4-8-12(10)14;2-1(3)4;/h1-8H;;/q;-1;+1. The molecule has 0 saturated carbocycles. The van der Waals surface area contributed by atoms with Crippen LogP contribution < -0.4 is 74.8 Å². The molecule has 0 saturated heterocycles. The quantitative estimate of drug-likeness (QED) is 0.228. The summed E-state index contributed by atoms with van der Waals surface area (Å²) in [5, 5.41) is 23.8. The predicted molar refractivity (Wildman–Crippen MR) is 62.5 cm³/mol. The molecule has 0 aliphatic heterocycles. The Bertz CT molecular complexity index is 504. The van der Waals surface area contributed by atoms with E-state index in [-0.39, 0.29) is 51.4 Å². The molecular formula is C10H8ClKN2O5S2. The van der Waals surface area contributed by atoms with Gasteiger partial charge in [-0.1, -0.05) is 0 Å². The van der Waals surface area contributed by atoms with Crippen molar-refractivity contribution in [2.75, 3.05) is 0 Å². The molecule has 0 bridgehead atoms. The second kappa shape index (κ2) is 11.9. The molecule has 108 valence electrons. The van der Waals surface area contributed by atoms with Gasteiger partial charge in [-0.2, -0.15) is 9.46 Å². The van der Waals surface area contributed by atoms with Crippen molar-refractivity contribution in [1.82, 2.24) is 0 Å². The average Bonchev–Trinajstić information content (AvgIpc) is 2.39. The number of hydrogen-bond donors (Lipinski definition) is 0. The summed E-state index contributed by atoms with van der Waals surface area (Å²) in [4.78, 5) is 0. The molecule has 2 aromatic heterocycles. The number of halogens is 1. The second-order valence-electron chi connectivity index (χ2n) is 3.08. The normalized spacial score (nSPS) is 9.52. The van der Waals surface area contributed by atoms with Crippen LogP contribution in [0.15, 0.2) is 58.8 Å². The van der Waals surface area contributed by atoms with Crippen molar-refractivity contribution in [3.63, 3.8) is 0 Å². The number of pyridine rings is 2. The SMILES string of the molecule is [K+].[O-][Cl+2]([O-])[O-].[O-][n+]1ccccc1SSc1cccc[n+]1[O-]. The topological polar surface area (TPSA) is 123 Å². The van der Waals surface area contributed by atoms with Crippen LogP contribution in [0, 0.1) is 21.2 Å². The maximum atomic E-state index is 11.3. The predicted octanol–water partition coefficient (Wildman–Crippen LogP) is -4.81. The van der Waals surface area contributed by atoms with E-state index in [4.69, 9.17) is 14.0 Å². The van der Waals surface area contributed by atoms with Gasteiger partial charge in [-0.3, -0.25) is 0 Å². The molecule has 2 heterocycles. The van der Waals surface area contributed by atoms with E-state index in [9.17, 15) is 10.4 Å². The van der Waals surface area contributed by atoms with Crippen molar-refractivity contribution >= 4 is 21.6 Å². The van der Waals surface area contributed by atoms with Gasteiger partial charge >= 0.3 is 51.4 Å².